The van der Waals surface area contributed by atoms with Crippen LogP contribution in [0.1, 0.15) is 35.0 Å². The molecule has 0 aliphatic heterocycles. The zero-order valence-electron chi connectivity index (χ0n) is 11.8. The molecule has 120 valence electrons. The van der Waals surface area contributed by atoms with Crippen LogP contribution in [0.5, 0.6) is 0 Å². The SMILES string of the molecule is FC(F)(F)c1cc(NC2CCCc3sccc32)n2ncnc2n1. The van der Waals surface area contributed by atoms with Crippen LogP contribution in [-0.2, 0) is 12.6 Å². The summed E-state index contributed by atoms with van der Waals surface area (Å²) in [4.78, 5) is 8.59. The minimum Gasteiger partial charge on any atom is -0.363 e. The summed E-state index contributed by atoms with van der Waals surface area (Å²) in [6.07, 6.45) is -0.435. The van der Waals surface area contributed by atoms with Crippen molar-refractivity contribution in [3.63, 3.8) is 0 Å². The minimum absolute atomic E-state index is 0.0270. The van der Waals surface area contributed by atoms with Gasteiger partial charge in [0.2, 0.25) is 0 Å². The standard InChI is InChI=1S/C14H12F3N5S/c15-14(16,17)11-6-12(22-13(21-11)18-7-19-22)20-9-2-1-3-10-8(9)4-5-23-10/h4-7,9,20H,1-3H2. The van der Waals surface area contributed by atoms with Gasteiger partial charge in [0.25, 0.3) is 5.78 Å². The van der Waals surface area contributed by atoms with Crippen LogP contribution in [0, 0.1) is 0 Å². The zero-order chi connectivity index (χ0) is 16.0. The van der Waals surface area contributed by atoms with E-state index in [0.717, 1.165) is 30.9 Å². The summed E-state index contributed by atoms with van der Waals surface area (Å²) in [5.74, 6) is 0.188. The third-order valence-electron chi connectivity index (χ3n) is 3.92. The van der Waals surface area contributed by atoms with Crippen LogP contribution in [0.3, 0.4) is 0 Å². The monoisotopic (exact) mass is 339 g/mol. The van der Waals surface area contributed by atoms with E-state index in [1.165, 1.54) is 15.7 Å². The van der Waals surface area contributed by atoms with E-state index in [2.05, 4.69) is 20.4 Å². The molecule has 0 saturated heterocycles. The molecule has 0 amide bonds. The zero-order valence-corrected chi connectivity index (χ0v) is 12.7. The Labute approximate surface area is 133 Å². The van der Waals surface area contributed by atoms with Crippen LogP contribution in [0.15, 0.2) is 23.8 Å². The van der Waals surface area contributed by atoms with Gasteiger partial charge in [-0.2, -0.15) is 27.8 Å². The molecule has 3 aromatic heterocycles. The first kappa shape index (κ1) is 14.4. The molecular formula is C14H12F3N5S. The van der Waals surface area contributed by atoms with Crippen molar-refractivity contribution >= 4 is 22.9 Å². The van der Waals surface area contributed by atoms with Crippen LogP contribution < -0.4 is 5.32 Å². The lowest BCUT2D eigenvalue weighted by Gasteiger charge is -2.25. The lowest BCUT2D eigenvalue weighted by Crippen LogP contribution is -2.19. The summed E-state index contributed by atoms with van der Waals surface area (Å²) in [5.41, 5.74) is 0.182. The number of thiophene rings is 1. The highest BCUT2D eigenvalue weighted by Gasteiger charge is 2.34. The number of anilines is 1. The smallest absolute Gasteiger partial charge is 0.363 e. The van der Waals surface area contributed by atoms with E-state index in [1.54, 1.807) is 11.3 Å². The summed E-state index contributed by atoms with van der Waals surface area (Å²) in [7, 11) is 0. The summed E-state index contributed by atoms with van der Waals surface area (Å²) in [6, 6.07) is 2.99. The van der Waals surface area contributed by atoms with Crippen molar-refractivity contribution in [3.8, 4) is 0 Å². The molecule has 0 bridgehead atoms. The summed E-state index contributed by atoms with van der Waals surface area (Å²) >= 11 is 1.69. The number of rotatable bonds is 2. The fourth-order valence-electron chi connectivity index (χ4n) is 2.88. The van der Waals surface area contributed by atoms with Crippen LogP contribution in [-0.4, -0.2) is 19.6 Å². The van der Waals surface area contributed by atoms with E-state index in [-0.39, 0.29) is 17.6 Å². The molecule has 1 N–H and O–H groups in total. The second-order valence-electron chi connectivity index (χ2n) is 5.38. The van der Waals surface area contributed by atoms with E-state index >= 15 is 0 Å². The van der Waals surface area contributed by atoms with Crippen LogP contribution in [0.4, 0.5) is 19.0 Å². The van der Waals surface area contributed by atoms with Gasteiger partial charge in [-0.05, 0) is 36.3 Å². The van der Waals surface area contributed by atoms with E-state index in [0.29, 0.717) is 0 Å². The predicted octanol–water partition coefficient (Wildman–Crippen LogP) is 3.69. The predicted molar refractivity (Wildman–Crippen MR) is 79.4 cm³/mol. The lowest BCUT2D eigenvalue weighted by molar-refractivity contribution is -0.141. The van der Waals surface area contributed by atoms with E-state index < -0.39 is 11.9 Å². The molecule has 1 aliphatic rings. The molecule has 1 aliphatic carbocycles. The molecule has 4 rings (SSSR count). The number of aromatic nitrogens is 4. The molecule has 3 aromatic rings. The summed E-state index contributed by atoms with van der Waals surface area (Å²) < 4.78 is 40.4. The molecule has 9 heteroatoms. The fraction of sp³-hybridized carbons (Fsp3) is 0.357. The van der Waals surface area contributed by atoms with Crippen molar-refractivity contribution in [1.82, 2.24) is 19.6 Å². The van der Waals surface area contributed by atoms with Crippen LogP contribution in [0.2, 0.25) is 0 Å². The molecule has 5 nitrogen and oxygen atoms in total. The first-order valence-corrected chi connectivity index (χ1v) is 8.01. The number of fused-ring (bicyclic) bond motifs is 2. The fourth-order valence-corrected chi connectivity index (χ4v) is 3.86. The van der Waals surface area contributed by atoms with Gasteiger partial charge in [-0.3, -0.25) is 0 Å². The number of nitrogens with one attached hydrogen (secondary N) is 1. The van der Waals surface area contributed by atoms with Crippen molar-refractivity contribution in [2.24, 2.45) is 0 Å². The normalized spacial score (nSPS) is 18.1. The number of alkyl halides is 3. The highest BCUT2D eigenvalue weighted by atomic mass is 32.1. The third kappa shape index (κ3) is 2.54. The number of halogens is 3. The van der Waals surface area contributed by atoms with Crippen molar-refractivity contribution in [2.45, 2.75) is 31.5 Å². The van der Waals surface area contributed by atoms with Gasteiger partial charge >= 0.3 is 6.18 Å². The van der Waals surface area contributed by atoms with E-state index in [4.69, 9.17) is 0 Å². The Kier molecular flexibility index (Phi) is 3.26. The highest BCUT2D eigenvalue weighted by Crippen LogP contribution is 2.36. The second kappa shape index (κ2) is 5.19. The molecule has 1 unspecified atom stereocenters. The maximum absolute atomic E-state index is 13.0. The maximum Gasteiger partial charge on any atom is 0.433 e. The first-order chi connectivity index (χ1) is 11.0. The Morgan fingerprint density at radius 3 is 3.04 bits per heavy atom. The van der Waals surface area contributed by atoms with Gasteiger partial charge < -0.3 is 5.32 Å². The van der Waals surface area contributed by atoms with E-state index in [1.807, 2.05) is 11.4 Å². The Bertz CT molecular complexity index is 854. The Morgan fingerprint density at radius 2 is 2.22 bits per heavy atom. The van der Waals surface area contributed by atoms with Gasteiger partial charge in [-0.25, -0.2) is 4.98 Å². The number of nitrogens with zero attached hydrogens (tertiary/aromatic N) is 4. The molecule has 3 heterocycles. The Balaban J connectivity index is 1.76. The molecule has 0 radical (unpaired) electrons. The van der Waals surface area contributed by atoms with Gasteiger partial charge in [-0.1, -0.05) is 0 Å². The molecule has 1 atom stereocenters. The topological polar surface area (TPSA) is 55.1 Å². The Morgan fingerprint density at radius 1 is 1.35 bits per heavy atom. The van der Waals surface area contributed by atoms with Gasteiger partial charge in [-0.15, -0.1) is 11.3 Å². The van der Waals surface area contributed by atoms with Crippen LogP contribution in [0.25, 0.3) is 5.78 Å². The quantitative estimate of drug-likeness (QED) is 0.774. The number of aryl methyl sites for hydroxylation is 1. The summed E-state index contributed by atoms with van der Waals surface area (Å²) in [5, 5.41) is 9.18. The second-order valence-corrected chi connectivity index (χ2v) is 6.39. The van der Waals surface area contributed by atoms with Crippen LogP contribution >= 0.6 is 11.3 Å². The third-order valence-corrected chi connectivity index (χ3v) is 4.91. The van der Waals surface area contributed by atoms with E-state index in [9.17, 15) is 13.2 Å². The summed E-state index contributed by atoms with van der Waals surface area (Å²) in [6.45, 7) is 0. The molecule has 0 fully saturated rings. The number of hydrogen-bond donors (Lipinski definition) is 1. The van der Waals surface area contributed by atoms with Gasteiger partial charge in [0.05, 0.1) is 6.04 Å². The van der Waals surface area contributed by atoms with Crippen molar-refractivity contribution in [1.29, 1.82) is 0 Å². The van der Waals surface area contributed by atoms with Gasteiger partial charge in [0.1, 0.15) is 12.1 Å². The van der Waals surface area contributed by atoms with Crippen molar-refractivity contribution < 1.29 is 13.2 Å². The van der Waals surface area contributed by atoms with Crippen molar-refractivity contribution in [3.05, 3.63) is 40.0 Å². The maximum atomic E-state index is 13.0. The lowest BCUT2D eigenvalue weighted by atomic mass is 9.94. The highest BCUT2D eigenvalue weighted by molar-refractivity contribution is 7.10. The average molecular weight is 339 g/mol. The molecule has 0 spiro atoms. The van der Waals surface area contributed by atoms with Gasteiger partial charge in [0.15, 0.2) is 5.69 Å². The molecule has 0 aromatic carbocycles. The van der Waals surface area contributed by atoms with Gasteiger partial charge in [0, 0.05) is 10.9 Å². The molecular weight excluding hydrogens is 327 g/mol. The van der Waals surface area contributed by atoms with Crippen molar-refractivity contribution in [2.75, 3.05) is 5.32 Å². The average Bonchev–Trinajstić information content (AvgIpc) is 3.15. The Hall–Kier alpha value is -2.16. The first-order valence-electron chi connectivity index (χ1n) is 7.13. The largest absolute Gasteiger partial charge is 0.433 e. The number of hydrogen-bond acceptors (Lipinski definition) is 5. The minimum atomic E-state index is -4.52. The molecule has 23 heavy (non-hydrogen) atoms. The molecule has 0 saturated carbocycles.